The van der Waals surface area contributed by atoms with Crippen LogP contribution in [0.15, 0.2) is 58.1 Å². The highest BCUT2D eigenvalue weighted by Gasteiger charge is 2.27. The van der Waals surface area contributed by atoms with Gasteiger partial charge in [-0.2, -0.15) is 0 Å². The Morgan fingerprint density at radius 1 is 1.28 bits per heavy atom. The quantitative estimate of drug-likeness (QED) is 0.725. The highest BCUT2D eigenvalue weighted by molar-refractivity contribution is 9.10. The van der Waals surface area contributed by atoms with Gasteiger partial charge in [0, 0.05) is 28.7 Å². The summed E-state index contributed by atoms with van der Waals surface area (Å²) in [6, 6.07) is 11.7. The Balaban J connectivity index is 1.59. The van der Waals surface area contributed by atoms with Crippen molar-refractivity contribution < 1.29 is 4.74 Å². The summed E-state index contributed by atoms with van der Waals surface area (Å²) in [4.78, 5) is 21.3. The number of halogens is 1. The lowest BCUT2D eigenvalue weighted by atomic mass is 10.1. The zero-order chi connectivity index (χ0) is 17.2. The van der Waals surface area contributed by atoms with Gasteiger partial charge in [0.25, 0.3) is 5.56 Å². The molecule has 5 nitrogen and oxygen atoms in total. The van der Waals surface area contributed by atoms with Crippen molar-refractivity contribution in [2.75, 3.05) is 18.1 Å². The highest BCUT2D eigenvalue weighted by Crippen LogP contribution is 2.30. The van der Waals surface area contributed by atoms with E-state index in [2.05, 4.69) is 30.8 Å². The number of pyridine rings is 2. The normalized spacial score (nSPS) is 17.2. The smallest absolute Gasteiger partial charge is 0.250 e. The van der Waals surface area contributed by atoms with Crippen LogP contribution in [0.3, 0.4) is 0 Å². The number of rotatable bonds is 4. The number of nitrogens with one attached hydrogen (secondary N) is 1. The first-order valence-electron chi connectivity index (χ1n) is 8.33. The predicted octanol–water partition coefficient (Wildman–Crippen LogP) is 3.73. The molecule has 3 aromatic rings. The van der Waals surface area contributed by atoms with Crippen LogP contribution in [0.2, 0.25) is 0 Å². The average molecular weight is 400 g/mol. The van der Waals surface area contributed by atoms with E-state index in [1.165, 1.54) is 0 Å². The molecule has 1 atom stereocenters. The summed E-state index contributed by atoms with van der Waals surface area (Å²) in [7, 11) is 0. The molecule has 3 heterocycles. The van der Waals surface area contributed by atoms with Gasteiger partial charge in [-0.25, -0.2) is 0 Å². The Labute approximate surface area is 153 Å². The molecule has 1 aliphatic rings. The van der Waals surface area contributed by atoms with Crippen LogP contribution < -0.4 is 15.2 Å². The predicted molar refractivity (Wildman–Crippen MR) is 102 cm³/mol. The monoisotopic (exact) mass is 399 g/mol. The van der Waals surface area contributed by atoms with Crippen LogP contribution in [0.5, 0.6) is 5.75 Å². The van der Waals surface area contributed by atoms with Gasteiger partial charge in [-0.3, -0.25) is 9.78 Å². The van der Waals surface area contributed by atoms with Crippen molar-refractivity contribution in [3.8, 4) is 5.75 Å². The molecule has 0 amide bonds. The van der Waals surface area contributed by atoms with Gasteiger partial charge in [-0.1, -0.05) is 15.9 Å². The maximum atomic E-state index is 12.0. The van der Waals surface area contributed by atoms with E-state index in [0.717, 1.165) is 46.2 Å². The van der Waals surface area contributed by atoms with E-state index in [-0.39, 0.29) is 11.6 Å². The molecule has 0 unspecified atom stereocenters. The van der Waals surface area contributed by atoms with E-state index >= 15 is 0 Å². The van der Waals surface area contributed by atoms with Gasteiger partial charge < -0.3 is 14.6 Å². The number of nitrogens with zero attached hydrogens (tertiary/aromatic N) is 2. The molecule has 128 valence electrons. The second kappa shape index (κ2) is 6.88. The third kappa shape index (κ3) is 3.39. The molecule has 6 heteroatoms. The van der Waals surface area contributed by atoms with Gasteiger partial charge in [-0.05, 0) is 43.2 Å². The fourth-order valence-corrected chi connectivity index (χ4v) is 3.64. The number of ether oxygens (including phenoxy) is 1. The van der Waals surface area contributed by atoms with Gasteiger partial charge in [0.1, 0.15) is 12.4 Å². The molecule has 0 aliphatic carbocycles. The average Bonchev–Trinajstić information content (AvgIpc) is 3.09. The van der Waals surface area contributed by atoms with Crippen molar-refractivity contribution in [1.29, 1.82) is 0 Å². The summed E-state index contributed by atoms with van der Waals surface area (Å²) in [5.41, 5.74) is 1.63. The third-order valence-electron chi connectivity index (χ3n) is 4.57. The number of hydrogen-bond donors (Lipinski definition) is 1. The molecule has 0 bridgehead atoms. The number of anilines is 1. The van der Waals surface area contributed by atoms with E-state index in [0.29, 0.717) is 6.61 Å². The van der Waals surface area contributed by atoms with E-state index in [4.69, 9.17) is 4.74 Å². The molecule has 1 aliphatic heterocycles. The zero-order valence-electron chi connectivity index (χ0n) is 13.6. The summed E-state index contributed by atoms with van der Waals surface area (Å²) < 4.78 is 7.01. The molecule has 1 saturated heterocycles. The van der Waals surface area contributed by atoms with Crippen molar-refractivity contribution in [2.45, 2.75) is 18.9 Å². The van der Waals surface area contributed by atoms with Gasteiger partial charge in [-0.15, -0.1) is 0 Å². The Morgan fingerprint density at radius 3 is 2.96 bits per heavy atom. The SMILES string of the molecule is O=c1cc(N2CCC[C@H]2COc2ccc(Br)cc2)c2ccncc2[nH]1. The number of H-pyrrole nitrogens is 1. The largest absolute Gasteiger partial charge is 0.491 e. The second-order valence-corrected chi connectivity index (χ2v) is 7.11. The molecule has 1 fully saturated rings. The van der Waals surface area contributed by atoms with Crippen LogP contribution in [0.1, 0.15) is 12.8 Å². The van der Waals surface area contributed by atoms with E-state index in [1.54, 1.807) is 18.5 Å². The van der Waals surface area contributed by atoms with Crippen molar-refractivity contribution >= 4 is 32.5 Å². The molecule has 0 saturated carbocycles. The molecule has 25 heavy (non-hydrogen) atoms. The lowest BCUT2D eigenvalue weighted by Crippen LogP contribution is -2.35. The Bertz CT molecular complexity index is 939. The van der Waals surface area contributed by atoms with Crippen LogP contribution in [-0.4, -0.2) is 29.2 Å². The van der Waals surface area contributed by atoms with Gasteiger partial charge in [0.15, 0.2) is 0 Å². The summed E-state index contributed by atoms with van der Waals surface area (Å²) in [6.45, 7) is 1.52. The minimum absolute atomic E-state index is 0.102. The Hall–Kier alpha value is -2.34. The van der Waals surface area contributed by atoms with Crippen molar-refractivity contribution in [3.63, 3.8) is 0 Å². The van der Waals surface area contributed by atoms with E-state index in [1.807, 2.05) is 30.3 Å². The lowest BCUT2D eigenvalue weighted by molar-refractivity contribution is 0.288. The molecule has 4 rings (SSSR count). The first-order valence-corrected chi connectivity index (χ1v) is 9.12. The van der Waals surface area contributed by atoms with E-state index < -0.39 is 0 Å². The molecular formula is C19H18BrN3O2. The first kappa shape index (κ1) is 16.1. The highest BCUT2D eigenvalue weighted by atomic mass is 79.9. The van der Waals surface area contributed by atoms with Crippen LogP contribution >= 0.6 is 15.9 Å². The molecule has 1 N–H and O–H groups in total. The standard InChI is InChI=1S/C19H18BrN3O2/c20-13-3-5-15(6-4-13)25-12-14-2-1-9-23(14)18-10-19(24)22-17-11-21-8-7-16(17)18/h3-8,10-11,14H,1-2,9,12H2,(H,22,24)/t14-/m0/s1. The van der Waals surface area contributed by atoms with Gasteiger partial charge in [0.05, 0.1) is 23.4 Å². The zero-order valence-corrected chi connectivity index (χ0v) is 15.2. The third-order valence-corrected chi connectivity index (χ3v) is 5.09. The first-order chi connectivity index (χ1) is 12.2. The molecule has 1 aromatic carbocycles. The van der Waals surface area contributed by atoms with Crippen molar-refractivity contribution in [3.05, 3.63) is 63.6 Å². The topological polar surface area (TPSA) is 58.2 Å². The van der Waals surface area contributed by atoms with Crippen LogP contribution in [0.25, 0.3) is 10.9 Å². The van der Waals surface area contributed by atoms with Gasteiger partial charge >= 0.3 is 0 Å². The minimum atomic E-state index is -0.102. The maximum Gasteiger partial charge on any atom is 0.250 e. The number of benzene rings is 1. The number of fused-ring (bicyclic) bond motifs is 1. The summed E-state index contributed by atoms with van der Waals surface area (Å²) in [6.07, 6.45) is 5.60. The minimum Gasteiger partial charge on any atom is -0.491 e. The fourth-order valence-electron chi connectivity index (χ4n) is 3.38. The molecule has 2 aromatic heterocycles. The molecule has 0 spiro atoms. The van der Waals surface area contributed by atoms with Crippen molar-refractivity contribution in [2.24, 2.45) is 0 Å². The summed E-state index contributed by atoms with van der Waals surface area (Å²) >= 11 is 3.43. The Kier molecular flexibility index (Phi) is 4.44. The van der Waals surface area contributed by atoms with Gasteiger partial charge in [0.2, 0.25) is 0 Å². The van der Waals surface area contributed by atoms with E-state index in [9.17, 15) is 4.79 Å². The maximum absolute atomic E-state index is 12.0. The molecule has 0 radical (unpaired) electrons. The summed E-state index contributed by atoms with van der Waals surface area (Å²) in [5, 5.41) is 1.02. The number of aromatic amines is 1. The van der Waals surface area contributed by atoms with Crippen LogP contribution in [-0.2, 0) is 0 Å². The van der Waals surface area contributed by atoms with Crippen molar-refractivity contribution in [1.82, 2.24) is 9.97 Å². The number of aromatic nitrogens is 2. The van der Waals surface area contributed by atoms with Crippen LogP contribution in [0.4, 0.5) is 5.69 Å². The summed E-state index contributed by atoms with van der Waals surface area (Å²) in [5.74, 6) is 0.856. The second-order valence-electron chi connectivity index (χ2n) is 6.19. The lowest BCUT2D eigenvalue weighted by Gasteiger charge is -2.27. The fraction of sp³-hybridized carbons (Fsp3) is 0.263. The Morgan fingerprint density at radius 2 is 2.12 bits per heavy atom. The van der Waals surface area contributed by atoms with Crippen LogP contribution in [0, 0.1) is 0 Å². The number of hydrogen-bond acceptors (Lipinski definition) is 4. The molecular weight excluding hydrogens is 382 g/mol.